The molecule has 9 rings (SSSR count). The SMILES string of the molecule is CC1(C)c2ccccc2-c2c(N(c3ccccc3-c3ccccn3)c3ccc4c5c(cccc35)-c3ccccc3-4)cccc21. The van der Waals surface area contributed by atoms with Crippen molar-refractivity contribution in [3.63, 3.8) is 0 Å². The molecule has 0 atom stereocenters. The van der Waals surface area contributed by atoms with Gasteiger partial charge in [-0.25, -0.2) is 0 Å². The third kappa shape index (κ3) is 3.40. The van der Waals surface area contributed by atoms with Crippen molar-refractivity contribution in [1.82, 2.24) is 4.98 Å². The topological polar surface area (TPSA) is 16.1 Å². The molecule has 0 radical (unpaired) electrons. The molecule has 2 heteroatoms. The quantitative estimate of drug-likeness (QED) is 0.212. The Kier molecular flexibility index (Phi) is 5.28. The van der Waals surface area contributed by atoms with E-state index in [-0.39, 0.29) is 5.41 Å². The summed E-state index contributed by atoms with van der Waals surface area (Å²) in [6.45, 7) is 4.70. The number of hydrogen-bond donors (Lipinski definition) is 0. The summed E-state index contributed by atoms with van der Waals surface area (Å²) in [5.41, 5.74) is 16.0. The molecule has 0 saturated heterocycles. The van der Waals surface area contributed by atoms with Gasteiger partial charge in [0.2, 0.25) is 0 Å². The molecule has 0 aliphatic heterocycles. The summed E-state index contributed by atoms with van der Waals surface area (Å²) < 4.78 is 0. The molecular weight excluding hydrogens is 532 g/mol. The van der Waals surface area contributed by atoms with Crippen molar-refractivity contribution in [1.29, 1.82) is 0 Å². The van der Waals surface area contributed by atoms with E-state index in [2.05, 4.69) is 152 Å². The average Bonchev–Trinajstić information content (AvgIpc) is 3.53. The Morgan fingerprint density at radius 3 is 1.86 bits per heavy atom. The summed E-state index contributed by atoms with van der Waals surface area (Å²) >= 11 is 0. The van der Waals surface area contributed by atoms with Crippen molar-refractivity contribution in [2.45, 2.75) is 19.3 Å². The molecule has 44 heavy (non-hydrogen) atoms. The van der Waals surface area contributed by atoms with Crippen LogP contribution in [0.4, 0.5) is 17.1 Å². The number of anilines is 3. The minimum absolute atomic E-state index is 0.0994. The number of nitrogens with zero attached hydrogens (tertiary/aromatic N) is 2. The van der Waals surface area contributed by atoms with Crippen molar-refractivity contribution in [2.24, 2.45) is 0 Å². The van der Waals surface area contributed by atoms with Crippen LogP contribution in [0.2, 0.25) is 0 Å². The highest BCUT2D eigenvalue weighted by atomic mass is 15.2. The van der Waals surface area contributed by atoms with Crippen molar-refractivity contribution in [2.75, 3.05) is 4.90 Å². The van der Waals surface area contributed by atoms with E-state index in [1.54, 1.807) is 0 Å². The Hall–Kier alpha value is -5.47. The van der Waals surface area contributed by atoms with E-state index in [4.69, 9.17) is 4.98 Å². The smallest absolute Gasteiger partial charge is 0.0723 e. The van der Waals surface area contributed by atoms with Crippen LogP contribution in [0.3, 0.4) is 0 Å². The highest BCUT2D eigenvalue weighted by Gasteiger charge is 2.38. The van der Waals surface area contributed by atoms with Crippen molar-refractivity contribution in [3.8, 4) is 44.6 Å². The Labute approximate surface area is 257 Å². The standard InChI is InChI=1S/C42H30N2/c1-42(2)34-19-7-5-15-31(34)41-35(42)20-12-23-39(41)44(37-22-8-6-16-32(37)36-21-9-10-26-43-36)38-25-24-30-28-14-4-3-13-27(28)29-17-11-18-33(38)40(29)30/h3-26H,1-2H3. The molecule has 1 aromatic heterocycles. The minimum atomic E-state index is -0.0994. The van der Waals surface area contributed by atoms with E-state index >= 15 is 0 Å². The largest absolute Gasteiger partial charge is 0.309 e. The fraction of sp³-hybridized carbons (Fsp3) is 0.0714. The lowest BCUT2D eigenvalue weighted by molar-refractivity contribution is 0.660. The Bertz CT molecular complexity index is 2230. The first-order chi connectivity index (χ1) is 21.6. The summed E-state index contributed by atoms with van der Waals surface area (Å²) in [7, 11) is 0. The monoisotopic (exact) mass is 562 g/mol. The van der Waals surface area contributed by atoms with Gasteiger partial charge in [-0.2, -0.15) is 0 Å². The second kappa shape index (κ2) is 9.26. The summed E-state index contributed by atoms with van der Waals surface area (Å²) in [5, 5.41) is 2.56. The molecule has 2 nitrogen and oxygen atoms in total. The summed E-state index contributed by atoms with van der Waals surface area (Å²) in [5.74, 6) is 0. The van der Waals surface area contributed by atoms with Gasteiger partial charge in [-0.05, 0) is 74.7 Å². The normalized spacial score (nSPS) is 13.4. The van der Waals surface area contributed by atoms with Gasteiger partial charge in [0.1, 0.15) is 0 Å². The van der Waals surface area contributed by atoms with Crippen LogP contribution >= 0.6 is 0 Å². The molecule has 0 amide bonds. The summed E-state index contributed by atoms with van der Waals surface area (Å²) in [6.07, 6.45) is 1.88. The third-order valence-corrected chi connectivity index (χ3v) is 9.68. The summed E-state index contributed by atoms with van der Waals surface area (Å²) in [6, 6.07) is 50.8. The lowest BCUT2D eigenvalue weighted by atomic mass is 9.82. The fourth-order valence-electron chi connectivity index (χ4n) is 7.71. The molecule has 2 aliphatic carbocycles. The van der Waals surface area contributed by atoms with Crippen LogP contribution < -0.4 is 4.90 Å². The van der Waals surface area contributed by atoms with Gasteiger partial charge >= 0.3 is 0 Å². The number of para-hydroxylation sites is 1. The maximum atomic E-state index is 4.81. The van der Waals surface area contributed by atoms with Gasteiger partial charge in [0, 0.05) is 28.1 Å². The Morgan fingerprint density at radius 1 is 0.455 bits per heavy atom. The predicted molar refractivity (Wildman–Crippen MR) is 184 cm³/mol. The summed E-state index contributed by atoms with van der Waals surface area (Å²) in [4.78, 5) is 7.30. The van der Waals surface area contributed by atoms with E-state index in [0.29, 0.717) is 0 Å². The van der Waals surface area contributed by atoms with Crippen LogP contribution in [0.15, 0.2) is 146 Å². The zero-order valence-electron chi connectivity index (χ0n) is 24.8. The van der Waals surface area contributed by atoms with Gasteiger partial charge in [0.05, 0.1) is 22.8 Å². The van der Waals surface area contributed by atoms with E-state index in [0.717, 1.165) is 22.6 Å². The second-order valence-corrected chi connectivity index (χ2v) is 12.3. The first-order valence-electron chi connectivity index (χ1n) is 15.3. The maximum absolute atomic E-state index is 4.81. The Balaban J connectivity index is 1.39. The van der Waals surface area contributed by atoms with E-state index in [9.17, 15) is 0 Å². The zero-order chi connectivity index (χ0) is 29.4. The van der Waals surface area contributed by atoms with Crippen molar-refractivity contribution < 1.29 is 0 Å². The molecule has 6 aromatic carbocycles. The molecular formula is C42H30N2. The maximum Gasteiger partial charge on any atom is 0.0723 e. The van der Waals surface area contributed by atoms with E-state index < -0.39 is 0 Å². The number of hydrogen-bond acceptors (Lipinski definition) is 2. The van der Waals surface area contributed by atoms with Crippen LogP contribution in [0, 0.1) is 0 Å². The van der Waals surface area contributed by atoms with Crippen LogP contribution in [0.1, 0.15) is 25.0 Å². The number of rotatable bonds is 4. The van der Waals surface area contributed by atoms with Crippen LogP contribution in [-0.2, 0) is 5.41 Å². The number of fused-ring (bicyclic) bond motifs is 6. The molecule has 0 N–H and O–H groups in total. The van der Waals surface area contributed by atoms with Gasteiger partial charge in [-0.3, -0.25) is 4.98 Å². The first kappa shape index (κ1) is 25.1. The molecule has 0 unspecified atom stereocenters. The van der Waals surface area contributed by atoms with E-state index in [1.165, 1.54) is 61.0 Å². The fourth-order valence-corrected chi connectivity index (χ4v) is 7.71. The molecule has 0 fully saturated rings. The van der Waals surface area contributed by atoms with Crippen molar-refractivity contribution in [3.05, 3.63) is 157 Å². The molecule has 0 saturated carbocycles. The van der Waals surface area contributed by atoms with Gasteiger partial charge in [0.15, 0.2) is 0 Å². The van der Waals surface area contributed by atoms with Crippen molar-refractivity contribution >= 4 is 27.8 Å². The van der Waals surface area contributed by atoms with Crippen LogP contribution in [0.5, 0.6) is 0 Å². The molecule has 1 heterocycles. The lowest BCUT2D eigenvalue weighted by Gasteiger charge is -2.31. The van der Waals surface area contributed by atoms with Gasteiger partial charge in [-0.1, -0.05) is 123 Å². The zero-order valence-corrected chi connectivity index (χ0v) is 24.8. The highest BCUT2D eigenvalue weighted by molar-refractivity contribution is 6.19. The van der Waals surface area contributed by atoms with Gasteiger partial charge in [0.25, 0.3) is 0 Å². The van der Waals surface area contributed by atoms with Crippen LogP contribution in [0.25, 0.3) is 55.4 Å². The molecule has 0 spiro atoms. The number of benzene rings is 6. The number of aromatic nitrogens is 1. The van der Waals surface area contributed by atoms with E-state index in [1.807, 2.05) is 12.3 Å². The predicted octanol–water partition coefficient (Wildman–Crippen LogP) is 11.3. The molecule has 2 aliphatic rings. The number of pyridine rings is 1. The molecule has 208 valence electrons. The molecule has 0 bridgehead atoms. The van der Waals surface area contributed by atoms with Crippen LogP contribution in [-0.4, -0.2) is 4.98 Å². The minimum Gasteiger partial charge on any atom is -0.309 e. The average molecular weight is 563 g/mol. The van der Waals surface area contributed by atoms with Gasteiger partial charge < -0.3 is 4.90 Å². The van der Waals surface area contributed by atoms with Gasteiger partial charge in [-0.15, -0.1) is 0 Å². The molecule has 7 aromatic rings. The third-order valence-electron chi connectivity index (χ3n) is 9.68. The Morgan fingerprint density at radius 2 is 1.07 bits per heavy atom. The first-order valence-corrected chi connectivity index (χ1v) is 15.3. The lowest BCUT2D eigenvalue weighted by Crippen LogP contribution is -2.16. The highest BCUT2D eigenvalue weighted by Crippen LogP contribution is 2.56. The second-order valence-electron chi connectivity index (χ2n) is 12.3.